The zero-order valence-electron chi connectivity index (χ0n) is 56.6. The number of aliphatic hydroxyl groups excluding tert-OH is 3. The average molecular weight is 1530 g/mol. The van der Waals surface area contributed by atoms with Gasteiger partial charge in [-0.1, -0.05) is 12.1 Å². The van der Waals surface area contributed by atoms with E-state index in [-0.39, 0.29) is 118 Å². The topological polar surface area (TPSA) is 462 Å². The van der Waals surface area contributed by atoms with Crippen molar-refractivity contribution in [1.82, 2.24) is 71.0 Å². The van der Waals surface area contributed by atoms with Crippen molar-refractivity contribution in [3.63, 3.8) is 0 Å². The Morgan fingerprint density at radius 3 is 2.17 bits per heavy atom. The fourth-order valence-corrected chi connectivity index (χ4v) is 16.8. The van der Waals surface area contributed by atoms with Gasteiger partial charge in [-0.15, -0.1) is 56.7 Å². The zero-order valence-corrected chi connectivity index (χ0v) is 60.7. The fraction of sp³-hybridized carbons (Fsp3) is 0.415. The Labute approximate surface area is 610 Å². The van der Waals surface area contributed by atoms with Crippen molar-refractivity contribution in [2.24, 2.45) is 0 Å². The molecule has 11 N–H and O–H groups in total. The number of aromatic hydroxyl groups is 1. The number of methoxy groups -OCH3 is 1. The van der Waals surface area contributed by atoms with Crippen LogP contribution in [-0.4, -0.2) is 231 Å². The van der Waals surface area contributed by atoms with E-state index in [4.69, 9.17) is 43.4 Å². The number of ether oxygens (including phenoxy) is 6. The van der Waals surface area contributed by atoms with E-state index in [1.807, 2.05) is 0 Å². The number of amides is 6. The van der Waals surface area contributed by atoms with Crippen molar-refractivity contribution in [3.05, 3.63) is 112 Å². The maximum atomic E-state index is 15.2. The number of carbonyl (C=O) groups excluding carboxylic acids is 8. The van der Waals surface area contributed by atoms with Crippen molar-refractivity contribution in [2.75, 3.05) is 54.1 Å². The molecule has 6 amide bonds. The molecule has 4 aliphatic heterocycles. The number of rotatable bonds is 13. The molecule has 0 spiro atoms. The summed E-state index contributed by atoms with van der Waals surface area (Å²) in [6.07, 6.45) is -7.61. The van der Waals surface area contributed by atoms with E-state index in [0.717, 1.165) is 56.7 Å². The number of aromatic nitrogens is 7. The molecule has 0 aliphatic carbocycles. The number of pyridine rings is 1. The monoisotopic (exact) mass is 1530 g/mol. The van der Waals surface area contributed by atoms with Crippen LogP contribution in [0.4, 0.5) is 0 Å². The predicted octanol–water partition coefficient (Wildman–Crippen LogP) is 3.09. The van der Waals surface area contributed by atoms with Crippen LogP contribution in [0.25, 0.3) is 49.3 Å². The Bertz CT molecular complexity index is 4690. The maximum Gasteiger partial charge on any atom is 0.358 e. The molecule has 8 aromatic rings. The molecule has 12 rings (SSSR count). The van der Waals surface area contributed by atoms with Gasteiger partial charge in [0.15, 0.2) is 18.1 Å². The number of hydrogen-bond acceptors (Lipinski definition) is 32. The van der Waals surface area contributed by atoms with Gasteiger partial charge >= 0.3 is 11.9 Å². The number of nitrogens with zero attached hydrogens (tertiary/aromatic N) is 9. The first kappa shape index (κ1) is 74.4. The van der Waals surface area contributed by atoms with Gasteiger partial charge in [-0.25, -0.2) is 39.5 Å². The molecule has 0 unspecified atom stereocenters. The molecule has 7 aromatic heterocycles. The van der Waals surface area contributed by atoms with Gasteiger partial charge in [-0.05, 0) is 66.4 Å². The van der Waals surface area contributed by atoms with Gasteiger partial charge < -0.3 is 95.5 Å². The number of allylic oxidation sites excluding steroid dienone is 1. The molecular weight excluding hydrogens is 1460 g/mol. The molecule has 11 heterocycles. The molecule has 0 radical (unpaired) electrons. The van der Waals surface area contributed by atoms with Crippen LogP contribution in [0.1, 0.15) is 132 Å². The molecule has 1 saturated heterocycles. The first-order valence-electron chi connectivity index (χ1n) is 32.2. The standard InChI is InChI=1S/C65H70N14O20S5/c1-26(62(89)78(12-14-80)13-15-81)66-52(84)35-23-103-60(71-35)46-40(83)16-31-45(73-46)34-21-101-58(68-34)33-20-97-63(90)48-32-19-95-49(50(99-41-17-65(5,92)51(77(6)7)29(4)98-41)64(91)96-18-30-10-9-11-39(42(30)32)79(48)93)47(61-72-36(24-104-61)53(85)67-33)76-55(87)38-25-102-59(70-38)44(28(3)94-8)75-56(88)43(27(2)82)74-54(86)37-22-100-57(31)69-37/h9-11,16,21-27,29,33,41,43,47,49-51,80-83,92-93H,12-15,17-20H2,1-8H3,(H,66,84)(H,67,85)(H,74,86)(H,75,88)(H,76,87)/b44-28+/t26-,27+,29-,33-,41-,43-,47-,49-,50-,51+,65-/m0/s1. The van der Waals surface area contributed by atoms with Crippen LogP contribution in [0.5, 0.6) is 5.75 Å². The van der Waals surface area contributed by atoms with Gasteiger partial charge in [-0.2, -0.15) is 4.73 Å². The number of aliphatic hydroxyl groups is 4. The number of cyclic esters (lactones) is 2. The Hall–Kier alpha value is -9.36. The minimum atomic E-state index is -1.93. The highest BCUT2D eigenvalue weighted by atomic mass is 32.1. The molecule has 11 atom stereocenters. The molecule has 104 heavy (non-hydrogen) atoms. The predicted molar refractivity (Wildman–Crippen MR) is 372 cm³/mol. The molecule has 1 fully saturated rings. The van der Waals surface area contributed by atoms with E-state index >= 15 is 19.2 Å². The quantitative estimate of drug-likeness (QED) is 0.0449. The summed E-state index contributed by atoms with van der Waals surface area (Å²) in [5.74, 6) is -7.87. The third kappa shape index (κ3) is 15.0. The lowest BCUT2D eigenvalue weighted by Gasteiger charge is -2.48. The molecule has 39 heteroatoms. The number of benzene rings is 1. The Balaban J connectivity index is 1.02. The van der Waals surface area contributed by atoms with Crippen LogP contribution in [0.15, 0.2) is 56.9 Å². The normalized spacial score (nSPS) is 23.7. The number of esters is 2. The van der Waals surface area contributed by atoms with Gasteiger partial charge in [0.25, 0.3) is 23.6 Å². The van der Waals surface area contributed by atoms with Gasteiger partial charge in [0.05, 0.1) is 56.3 Å². The van der Waals surface area contributed by atoms with E-state index in [1.54, 1.807) is 45.0 Å². The second-order valence-electron chi connectivity index (χ2n) is 25.0. The fourth-order valence-electron chi connectivity index (χ4n) is 12.7. The Kier molecular flexibility index (Phi) is 22.0. The number of nitrogens with one attached hydrogen (secondary N) is 5. The van der Waals surface area contributed by atoms with Gasteiger partial charge in [0.1, 0.15) is 126 Å². The average Bonchev–Trinajstić information content (AvgIpc) is 1.52. The zero-order chi connectivity index (χ0) is 74.3. The number of fused-ring (bicyclic) bond motifs is 15. The van der Waals surface area contributed by atoms with Crippen LogP contribution >= 0.6 is 56.7 Å². The van der Waals surface area contributed by atoms with Crippen LogP contribution < -0.4 is 26.6 Å². The Morgan fingerprint density at radius 1 is 0.817 bits per heavy atom. The number of thiazole rings is 5. The van der Waals surface area contributed by atoms with E-state index in [0.29, 0.717) is 10.3 Å². The molecule has 550 valence electrons. The van der Waals surface area contributed by atoms with E-state index < -0.39 is 158 Å². The van der Waals surface area contributed by atoms with Crippen molar-refractivity contribution < 1.29 is 97.5 Å². The lowest BCUT2D eigenvalue weighted by Crippen LogP contribution is -2.62. The highest BCUT2D eigenvalue weighted by Crippen LogP contribution is 2.43. The summed E-state index contributed by atoms with van der Waals surface area (Å²) in [6, 6.07) is -0.558. The molecule has 12 bridgehead atoms. The summed E-state index contributed by atoms with van der Waals surface area (Å²) >= 11 is 4.45. The lowest BCUT2D eigenvalue weighted by atomic mass is 9.85. The SMILES string of the molecule is CO/C(C)=C1/NC(=O)[C@H]([C@@H](C)O)NC(=O)c2csc(n2)-c2cc(O)c(-c3nc(C(=O)N[C@@H](C)C(=O)N(CCO)CCO)cs3)nc2-c2csc(n2)[C@@H]2COC(=O)c3c4c5c(cccc5n3O)COC(=O)[C@@H](O[C@H]3C[C@](C)(O)[C@H](N(C)C)[C@H](C)O3)[C@@H](OC4)[C@H](NC(=O)c3csc1n3)c1nc(cs1)C(=O)N2. The largest absolute Gasteiger partial charge is 0.506 e. The number of carbonyl (C=O) groups is 8. The number of hydrogen-bond donors (Lipinski definition) is 11. The second kappa shape index (κ2) is 30.8. The maximum absolute atomic E-state index is 15.2. The summed E-state index contributed by atoms with van der Waals surface area (Å²) in [7, 11) is 4.83. The summed E-state index contributed by atoms with van der Waals surface area (Å²) < 4.78 is 38.3. The summed E-state index contributed by atoms with van der Waals surface area (Å²) in [6.45, 7) is 4.59. The lowest BCUT2D eigenvalue weighted by molar-refractivity contribution is -0.280. The highest BCUT2D eigenvalue weighted by molar-refractivity contribution is 7.14. The molecule has 4 aliphatic rings. The summed E-state index contributed by atoms with van der Waals surface area (Å²) in [4.78, 5) is 147. The van der Waals surface area contributed by atoms with Crippen LogP contribution in [0.2, 0.25) is 0 Å². The first-order valence-corrected chi connectivity index (χ1v) is 36.6. The first-order chi connectivity index (χ1) is 49.7. The molecular formula is C65H70N14O20S5. The number of likely N-dealkylation sites (N-methyl/N-ethyl adjacent to an activating group) is 1. The van der Waals surface area contributed by atoms with Crippen LogP contribution in [0.3, 0.4) is 0 Å². The minimum Gasteiger partial charge on any atom is -0.506 e. The molecule has 1 aromatic carbocycles. The molecule has 34 nitrogen and oxygen atoms in total. The van der Waals surface area contributed by atoms with Gasteiger partial charge in [-0.3, -0.25) is 28.8 Å². The van der Waals surface area contributed by atoms with E-state index in [2.05, 4.69) is 41.5 Å². The summed E-state index contributed by atoms with van der Waals surface area (Å²) in [5, 5.41) is 87.0. The van der Waals surface area contributed by atoms with Gasteiger partial charge in [0.2, 0.25) is 11.8 Å². The Morgan fingerprint density at radius 2 is 1.47 bits per heavy atom. The minimum absolute atomic E-state index is 0.00301. The van der Waals surface area contributed by atoms with E-state index in [9.17, 15) is 49.9 Å². The highest BCUT2D eigenvalue weighted by Gasteiger charge is 2.50. The van der Waals surface area contributed by atoms with Crippen molar-refractivity contribution >= 4 is 121 Å². The van der Waals surface area contributed by atoms with Crippen LogP contribution in [0, 0.1) is 0 Å². The molecule has 0 saturated carbocycles. The van der Waals surface area contributed by atoms with Gasteiger partial charge in [0, 0.05) is 62.9 Å². The van der Waals surface area contributed by atoms with Crippen LogP contribution in [-0.2, 0) is 56.0 Å². The summed E-state index contributed by atoms with van der Waals surface area (Å²) in [5.41, 5.74) is -2.95. The third-order valence-corrected chi connectivity index (χ3v) is 22.0. The smallest absolute Gasteiger partial charge is 0.358 e. The van der Waals surface area contributed by atoms with Crippen molar-refractivity contribution in [1.29, 1.82) is 0 Å². The van der Waals surface area contributed by atoms with Crippen molar-refractivity contribution in [3.8, 4) is 38.4 Å². The van der Waals surface area contributed by atoms with Crippen molar-refractivity contribution in [2.45, 2.75) is 121 Å². The second-order valence-corrected chi connectivity index (χ2v) is 29.4. The van der Waals surface area contributed by atoms with E-state index in [1.165, 1.54) is 71.8 Å². The third-order valence-electron chi connectivity index (χ3n) is 17.5.